The minimum Gasteiger partial charge on any atom is -0.399 e. The number of hydrogen-bond acceptors (Lipinski definition) is 3. The number of benzene rings is 2. The van der Waals surface area contributed by atoms with Crippen LogP contribution in [0.25, 0.3) is 0 Å². The highest BCUT2D eigenvalue weighted by atomic mass is 35.5. The average Bonchev–Trinajstić information content (AvgIpc) is 2.52. The Labute approximate surface area is 145 Å². The van der Waals surface area contributed by atoms with Crippen LogP contribution in [0.3, 0.4) is 0 Å². The van der Waals surface area contributed by atoms with Gasteiger partial charge in [-0.15, -0.1) is 0 Å². The predicted molar refractivity (Wildman–Crippen MR) is 94.4 cm³/mol. The summed E-state index contributed by atoms with van der Waals surface area (Å²) in [6.45, 7) is 1.58. The topological polar surface area (TPSA) is 58.4 Å². The number of nitrogens with one attached hydrogen (secondary N) is 1. The summed E-state index contributed by atoms with van der Waals surface area (Å²) in [5.74, 6) is -0.707. The molecule has 0 saturated carbocycles. The van der Waals surface area contributed by atoms with Gasteiger partial charge in [-0.25, -0.2) is 4.39 Å². The largest absolute Gasteiger partial charge is 0.399 e. The number of likely N-dealkylation sites (tertiary alicyclic amines) is 1. The summed E-state index contributed by atoms with van der Waals surface area (Å²) >= 11 is 5.91. The summed E-state index contributed by atoms with van der Waals surface area (Å²) in [7, 11) is 0. The standard InChI is InChI=1S/C18H19ClFN3O/c19-13-3-1-12(2-4-13)17-7-9-23(17)10-8-18(24)22-16-11-14(21)5-6-15(16)20/h1-6,11,17H,7-10,21H2,(H,22,24)/t17-/m0/s1. The number of rotatable bonds is 5. The van der Waals surface area contributed by atoms with Crippen LogP contribution in [0.1, 0.15) is 24.4 Å². The molecule has 1 aliphatic heterocycles. The van der Waals surface area contributed by atoms with Gasteiger partial charge in [0.2, 0.25) is 5.91 Å². The summed E-state index contributed by atoms with van der Waals surface area (Å²) in [4.78, 5) is 14.3. The third-order valence-electron chi connectivity index (χ3n) is 4.28. The fourth-order valence-electron chi connectivity index (χ4n) is 2.87. The molecule has 6 heteroatoms. The maximum absolute atomic E-state index is 13.6. The fraction of sp³-hybridized carbons (Fsp3) is 0.278. The monoisotopic (exact) mass is 347 g/mol. The highest BCUT2D eigenvalue weighted by molar-refractivity contribution is 6.30. The number of amides is 1. The van der Waals surface area contributed by atoms with Crippen molar-refractivity contribution in [3.63, 3.8) is 0 Å². The number of carbonyl (C=O) groups is 1. The van der Waals surface area contributed by atoms with Crippen molar-refractivity contribution in [1.82, 2.24) is 4.90 Å². The predicted octanol–water partition coefficient (Wildman–Crippen LogP) is 3.84. The number of carbonyl (C=O) groups excluding carboxylic acids is 1. The molecule has 0 bridgehead atoms. The van der Waals surface area contributed by atoms with Gasteiger partial charge in [-0.1, -0.05) is 23.7 Å². The van der Waals surface area contributed by atoms with Crippen LogP contribution in [-0.4, -0.2) is 23.9 Å². The molecule has 1 heterocycles. The van der Waals surface area contributed by atoms with Crippen molar-refractivity contribution in [1.29, 1.82) is 0 Å². The van der Waals surface area contributed by atoms with E-state index in [4.69, 9.17) is 17.3 Å². The molecule has 0 radical (unpaired) electrons. The highest BCUT2D eigenvalue weighted by Crippen LogP contribution is 2.33. The smallest absolute Gasteiger partial charge is 0.225 e. The zero-order valence-electron chi connectivity index (χ0n) is 13.1. The lowest BCUT2D eigenvalue weighted by molar-refractivity contribution is -0.117. The first-order chi connectivity index (χ1) is 11.5. The summed E-state index contributed by atoms with van der Waals surface area (Å²) in [6.07, 6.45) is 1.37. The summed E-state index contributed by atoms with van der Waals surface area (Å²) in [5.41, 5.74) is 7.35. The summed E-state index contributed by atoms with van der Waals surface area (Å²) < 4.78 is 13.6. The molecule has 3 rings (SSSR count). The zero-order valence-corrected chi connectivity index (χ0v) is 13.9. The average molecular weight is 348 g/mol. The van der Waals surface area contributed by atoms with Crippen molar-refractivity contribution >= 4 is 28.9 Å². The van der Waals surface area contributed by atoms with Crippen LogP contribution in [0.5, 0.6) is 0 Å². The van der Waals surface area contributed by atoms with Gasteiger partial charge < -0.3 is 11.1 Å². The Kier molecular flexibility index (Phi) is 5.02. The highest BCUT2D eigenvalue weighted by Gasteiger charge is 2.29. The minimum atomic E-state index is -0.486. The van der Waals surface area contributed by atoms with Crippen molar-refractivity contribution in [2.45, 2.75) is 18.9 Å². The van der Waals surface area contributed by atoms with Crippen molar-refractivity contribution < 1.29 is 9.18 Å². The van der Waals surface area contributed by atoms with E-state index in [1.165, 1.54) is 23.8 Å². The number of nitrogen functional groups attached to an aromatic ring is 1. The Hall–Kier alpha value is -2.11. The van der Waals surface area contributed by atoms with Crippen LogP contribution in [0, 0.1) is 5.82 Å². The molecule has 0 unspecified atom stereocenters. The molecule has 126 valence electrons. The Bertz CT molecular complexity index is 736. The van der Waals surface area contributed by atoms with Gasteiger partial charge in [-0.3, -0.25) is 9.69 Å². The van der Waals surface area contributed by atoms with Crippen LogP contribution >= 0.6 is 11.6 Å². The van der Waals surface area contributed by atoms with E-state index in [9.17, 15) is 9.18 Å². The summed E-state index contributed by atoms with van der Waals surface area (Å²) in [6, 6.07) is 12.2. The first kappa shape index (κ1) is 16.7. The number of halogens is 2. The molecular weight excluding hydrogens is 329 g/mol. The van der Waals surface area contributed by atoms with E-state index in [1.54, 1.807) is 0 Å². The Morgan fingerprint density at radius 3 is 2.71 bits per heavy atom. The van der Waals surface area contributed by atoms with E-state index < -0.39 is 5.82 Å². The van der Waals surface area contributed by atoms with Crippen LogP contribution in [0.2, 0.25) is 5.02 Å². The molecule has 1 aliphatic rings. The summed E-state index contributed by atoms with van der Waals surface area (Å²) in [5, 5.41) is 3.29. The van der Waals surface area contributed by atoms with E-state index >= 15 is 0 Å². The molecule has 0 aromatic heterocycles. The van der Waals surface area contributed by atoms with Crippen LogP contribution in [0.15, 0.2) is 42.5 Å². The van der Waals surface area contributed by atoms with E-state index in [-0.39, 0.29) is 11.6 Å². The lowest BCUT2D eigenvalue weighted by Gasteiger charge is -2.41. The second kappa shape index (κ2) is 7.20. The van der Waals surface area contributed by atoms with Crippen molar-refractivity contribution in [3.05, 3.63) is 58.9 Å². The van der Waals surface area contributed by atoms with E-state index in [0.29, 0.717) is 29.7 Å². The molecular formula is C18H19ClFN3O. The SMILES string of the molecule is Nc1ccc(F)c(NC(=O)CCN2CC[C@H]2c2ccc(Cl)cc2)c1. The Morgan fingerprint density at radius 1 is 1.29 bits per heavy atom. The maximum Gasteiger partial charge on any atom is 0.225 e. The van der Waals surface area contributed by atoms with Gasteiger partial charge in [0.05, 0.1) is 5.69 Å². The van der Waals surface area contributed by atoms with Gasteiger partial charge in [-0.05, 0) is 42.3 Å². The Balaban J connectivity index is 1.53. The first-order valence-corrected chi connectivity index (χ1v) is 8.25. The lowest BCUT2D eigenvalue weighted by atomic mass is 9.94. The van der Waals surface area contributed by atoms with Gasteiger partial charge in [-0.2, -0.15) is 0 Å². The third-order valence-corrected chi connectivity index (χ3v) is 4.53. The van der Waals surface area contributed by atoms with Gasteiger partial charge in [0, 0.05) is 36.3 Å². The third kappa shape index (κ3) is 3.86. The van der Waals surface area contributed by atoms with Gasteiger partial charge in [0.15, 0.2) is 0 Å². The molecule has 0 aliphatic carbocycles. The fourth-order valence-corrected chi connectivity index (χ4v) is 2.99. The number of nitrogens with zero attached hydrogens (tertiary/aromatic N) is 1. The molecule has 1 saturated heterocycles. The zero-order chi connectivity index (χ0) is 17.1. The van der Waals surface area contributed by atoms with Gasteiger partial charge in [0.1, 0.15) is 5.82 Å². The second-order valence-electron chi connectivity index (χ2n) is 5.93. The molecule has 1 atom stereocenters. The molecule has 4 nitrogen and oxygen atoms in total. The molecule has 0 spiro atoms. The molecule has 1 fully saturated rings. The molecule has 24 heavy (non-hydrogen) atoms. The molecule has 2 aromatic carbocycles. The minimum absolute atomic E-state index is 0.123. The number of anilines is 2. The van der Waals surface area contributed by atoms with Crippen molar-refractivity contribution in [2.24, 2.45) is 0 Å². The van der Waals surface area contributed by atoms with Gasteiger partial charge in [0.25, 0.3) is 0 Å². The normalized spacial score (nSPS) is 17.3. The maximum atomic E-state index is 13.6. The van der Waals surface area contributed by atoms with Crippen LogP contribution in [-0.2, 0) is 4.79 Å². The van der Waals surface area contributed by atoms with Crippen LogP contribution in [0.4, 0.5) is 15.8 Å². The number of hydrogen-bond donors (Lipinski definition) is 2. The van der Waals surface area contributed by atoms with E-state index in [2.05, 4.69) is 10.2 Å². The quantitative estimate of drug-likeness (QED) is 0.808. The van der Waals surface area contributed by atoms with Crippen molar-refractivity contribution in [3.8, 4) is 0 Å². The second-order valence-corrected chi connectivity index (χ2v) is 6.37. The van der Waals surface area contributed by atoms with E-state index in [1.807, 2.05) is 24.3 Å². The van der Waals surface area contributed by atoms with Crippen molar-refractivity contribution in [2.75, 3.05) is 24.1 Å². The lowest BCUT2D eigenvalue weighted by Crippen LogP contribution is -2.42. The first-order valence-electron chi connectivity index (χ1n) is 7.87. The molecule has 2 aromatic rings. The van der Waals surface area contributed by atoms with E-state index in [0.717, 1.165) is 13.0 Å². The van der Waals surface area contributed by atoms with Gasteiger partial charge >= 0.3 is 0 Å². The molecule has 1 amide bonds. The Morgan fingerprint density at radius 2 is 2.04 bits per heavy atom. The molecule has 3 N–H and O–H groups in total. The van der Waals surface area contributed by atoms with Crippen LogP contribution < -0.4 is 11.1 Å². The number of nitrogens with two attached hydrogens (primary N) is 1.